The van der Waals surface area contributed by atoms with E-state index in [-0.39, 0.29) is 18.0 Å². The van der Waals surface area contributed by atoms with E-state index < -0.39 is 11.7 Å². The first-order valence-electron chi connectivity index (χ1n) is 5.83. The molecule has 0 radical (unpaired) electrons. The lowest BCUT2D eigenvalue weighted by molar-refractivity contribution is 0.0986. The Morgan fingerprint density at radius 2 is 2.35 bits per heavy atom. The van der Waals surface area contributed by atoms with Crippen molar-refractivity contribution >= 4 is 11.6 Å². The molecule has 5 nitrogen and oxygen atoms in total. The summed E-state index contributed by atoms with van der Waals surface area (Å²) in [5, 5.41) is 5.91. The fourth-order valence-electron chi connectivity index (χ4n) is 1.54. The second kappa shape index (κ2) is 5.99. The molecule has 0 unspecified atom stereocenters. The van der Waals surface area contributed by atoms with Gasteiger partial charge in [-0.2, -0.15) is 0 Å². The normalized spacial score (nSPS) is 9.75. The van der Waals surface area contributed by atoms with Gasteiger partial charge in [-0.25, -0.2) is 4.39 Å². The van der Waals surface area contributed by atoms with Gasteiger partial charge in [-0.1, -0.05) is 17.0 Å². The van der Waals surface area contributed by atoms with Crippen LogP contribution in [0.4, 0.5) is 10.1 Å². The number of aromatic nitrogens is 1. The average molecular weight is 273 g/mol. The van der Waals surface area contributed by atoms with Crippen LogP contribution in [0.15, 0.2) is 28.9 Å². The minimum absolute atomic E-state index is 0.0455. The molecule has 1 heterocycles. The molecule has 0 aliphatic heterocycles. The van der Waals surface area contributed by atoms with Crippen molar-refractivity contribution in [3.63, 3.8) is 0 Å². The van der Waals surface area contributed by atoms with Gasteiger partial charge in [-0.15, -0.1) is 0 Å². The van der Waals surface area contributed by atoms with E-state index in [0.29, 0.717) is 11.1 Å². The maximum absolute atomic E-state index is 13.8. The first-order valence-corrected chi connectivity index (χ1v) is 5.83. The van der Waals surface area contributed by atoms with Crippen LogP contribution in [0, 0.1) is 24.6 Å². The van der Waals surface area contributed by atoms with Gasteiger partial charge in [-0.05, 0) is 25.1 Å². The third-order valence-corrected chi connectivity index (χ3v) is 2.51. The van der Waals surface area contributed by atoms with E-state index in [9.17, 15) is 9.18 Å². The van der Waals surface area contributed by atoms with Crippen LogP contribution in [-0.4, -0.2) is 17.6 Å². The summed E-state index contributed by atoms with van der Waals surface area (Å²) >= 11 is 0. The molecule has 102 valence electrons. The maximum atomic E-state index is 13.8. The molecular formula is C14H12FN3O2. The highest BCUT2D eigenvalue weighted by Gasteiger charge is 2.15. The van der Waals surface area contributed by atoms with E-state index in [1.807, 2.05) is 0 Å². The van der Waals surface area contributed by atoms with Gasteiger partial charge in [0.15, 0.2) is 0 Å². The number of benzene rings is 1. The van der Waals surface area contributed by atoms with Crippen molar-refractivity contribution in [3.8, 4) is 11.8 Å². The number of amides is 1. The zero-order valence-corrected chi connectivity index (χ0v) is 10.7. The van der Waals surface area contributed by atoms with Crippen molar-refractivity contribution in [1.29, 1.82) is 0 Å². The summed E-state index contributed by atoms with van der Waals surface area (Å²) in [5.41, 5.74) is 6.35. The molecule has 0 saturated carbocycles. The van der Waals surface area contributed by atoms with Gasteiger partial charge in [0, 0.05) is 11.1 Å². The van der Waals surface area contributed by atoms with E-state index in [0.717, 1.165) is 0 Å². The Kier molecular flexibility index (Phi) is 4.13. The molecule has 1 aromatic carbocycles. The number of nitrogens with zero attached hydrogens (tertiary/aromatic N) is 1. The lowest BCUT2D eigenvalue weighted by Gasteiger charge is -2.05. The van der Waals surface area contributed by atoms with Gasteiger partial charge in [0.25, 0.3) is 5.91 Å². The van der Waals surface area contributed by atoms with Crippen LogP contribution in [0.3, 0.4) is 0 Å². The quantitative estimate of drug-likeness (QED) is 0.816. The number of hydrogen-bond acceptors (Lipinski definition) is 4. The summed E-state index contributed by atoms with van der Waals surface area (Å²) in [6.45, 7) is 1.87. The van der Waals surface area contributed by atoms with Gasteiger partial charge >= 0.3 is 0 Å². The predicted molar refractivity (Wildman–Crippen MR) is 71.5 cm³/mol. The SMILES string of the molecule is Cc1cnoc1C(=O)Nc1ccc(C#CCN)cc1F. The lowest BCUT2D eigenvalue weighted by Crippen LogP contribution is -2.13. The van der Waals surface area contributed by atoms with Crippen LogP contribution in [0.1, 0.15) is 21.7 Å². The molecule has 2 rings (SSSR count). The van der Waals surface area contributed by atoms with Gasteiger partial charge in [0.1, 0.15) is 5.82 Å². The maximum Gasteiger partial charge on any atom is 0.294 e. The smallest absolute Gasteiger partial charge is 0.294 e. The zero-order valence-electron chi connectivity index (χ0n) is 10.7. The minimum atomic E-state index is -0.584. The molecule has 0 fully saturated rings. The number of nitrogens with two attached hydrogens (primary N) is 1. The largest absolute Gasteiger partial charge is 0.351 e. The molecule has 0 aliphatic rings. The van der Waals surface area contributed by atoms with E-state index >= 15 is 0 Å². The third-order valence-electron chi connectivity index (χ3n) is 2.51. The highest BCUT2D eigenvalue weighted by molar-refractivity contribution is 6.03. The molecule has 1 aromatic heterocycles. The van der Waals surface area contributed by atoms with Crippen LogP contribution >= 0.6 is 0 Å². The van der Waals surface area contributed by atoms with Crippen molar-refractivity contribution in [3.05, 3.63) is 47.1 Å². The van der Waals surface area contributed by atoms with Crippen molar-refractivity contribution < 1.29 is 13.7 Å². The number of nitrogens with one attached hydrogen (secondary N) is 1. The van der Waals surface area contributed by atoms with Crippen LogP contribution in [0.2, 0.25) is 0 Å². The number of hydrogen-bond donors (Lipinski definition) is 2. The molecule has 0 aliphatic carbocycles. The monoisotopic (exact) mass is 273 g/mol. The highest BCUT2D eigenvalue weighted by Crippen LogP contribution is 2.17. The van der Waals surface area contributed by atoms with Crippen LogP contribution in [-0.2, 0) is 0 Å². The van der Waals surface area contributed by atoms with Gasteiger partial charge in [0.05, 0.1) is 18.4 Å². The van der Waals surface area contributed by atoms with E-state index in [1.54, 1.807) is 13.0 Å². The number of halogens is 1. The Labute approximate surface area is 114 Å². The number of anilines is 1. The third kappa shape index (κ3) is 3.02. The van der Waals surface area contributed by atoms with Crippen molar-refractivity contribution in [2.24, 2.45) is 5.73 Å². The number of carbonyl (C=O) groups is 1. The fraction of sp³-hybridized carbons (Fsp3) is 0.143. The Bertz CT molecular complexity index is 698. The van der Waals surface area contributed by atoms with Crippen LogP contribution in [0.25, 0.3) is 0 Å². The summed E-state index contributed by atoms with van der Waals surface area (Å²) < 4.78 is 18.6. The molecule has 6 heteroatoms. The second-order valence-electron chi connectivity index (χ2n) is 3.99. The average Bonchev–Trinajstić information content (AvgIpc) is 2.85. The van der Waals surface area contributed by atoms with Gasteiger partial charge in [0.2, 0.25) is 5.76 Å². The molecule has 3 N–H and O–H groups in total. The summed E-state index contributed by atoms with van der Waals surface area (Å²) in [6.07, 6.45) is 1.41. The fourth-order valence-corrected chi connectivity index (χ4v) is 1.54. The lowest BCUT2D eigenvalue weighted by atomic mass is 10.2. The first kappa shape index (κ1) is 13.8. The molecule has 0 spiro atoms. The minimum Gasteiger partial charge on any atom is -0.351 e. The standard InChI is InChI=1S/C14H12FN3O2/c1-9-8-17-20-13(9)14(19)18-12-5-4-10(3-2-6-16)7-11(12)15/h4-5,7-8H,6,16H2,1H3,(H,18,19). The molecule has 1 amide bonds. The van der Waals surface area contributed by atoms with Crippen LogP contribution < -0.4 is 11.1 Å². The Morgan fingerprint density at radius 1 is 1.55 bits per heavy atom. The van der Waals surface area contributed by atoms with Crippen molar-refractivity contribution in [1.82, 2.24) is 5.16 Å². The highest BCUT2D eigenvalue weighted by atomic mass is 19.1. The summed E-state index contributed by atoms with van der Waals surface area (Å²) in [7, 11) is 0. The first-order chi connectivity index (χ1) is 9.61. The van der Waals surface area contributed by atoms with E-state index in [1.165, 1.54) is 18.3 Å². The van der Waals surface area contributed by atoms with Crippen LogP contribution in [0.5, 0.6) is 0 Å². The molecular weight excluding hydrogens is 261 g/mol. The summed E-state index contributed by atoms with van der Waals surface area (Å²) in [5.74, 6) is 4.24. The van der Waals surface area contributed by atoms with Crippen molar-refractivity contribution in [2.75, 3.05) is 11.9 Å². The predicted octanol–water partition coefficient (Wildman–Crippen LogP) is 1.68. The number of rotatable bonds is 2. The second-order valence-corrected chi connectivity index (χ2v) is 3.99. The molecule has 20 heavy (non-hydrogen) atoms. The summed E-state index contributed by atoms with van der Waals surface area (Å²) in [6, 6.07) is 4.25. The molecule has 0 bridgehead atoms. The Hall–Kier alpha value is -2.65. The number of aryl methyl sites for hydroxylation is 1. The zero-order chi connectivity index (χ0) is 14.5. The van der Waals surface area contributed by atoms with Gasteiger partial charge < -0.3 is 15.6 Å². The van der Waals surface area contributed by atoms with E-state index in [4.69, 9.17) is 10.3 Å². The van der Waals surface area contributed by atoms with Gasteiger partial charge in [-0.3, -0.25) is 4.79 Å². The van der Waals surface area contributed by atoms with E-state index in [2.05, 4.69) is 22.3 Å². The Morgan fingerprint density at radius 3 is 2.95 bits per heavy atom. The Balaban J connectivity index is 2.18. The molecule has 0 saturated heterocycles. The number of carbonyl (C=O) groups excluding carboxylic acids is 1. The summed E-state index contributed by atoms with van der Waals surface area (Å²) in [4.78, 5) is 11.8. The molecule has 0 atom stereocenters. The van der Waals surface area contributed by atoms with Crippen molar-refractivity contribution in [2.45, 2.75) is 6.92 Å². The topological polar surface area (TPSA) is 81.2 Å². The molecule has 2 aromatic rings.